The highest BCUT2D eigenvalue weighted by Crippen LogP contribution is 2.21. The van der Waals surface area contributed by atoms with Crippen LogP contribution in [0.5, 0.6) is 0 Å². The molecule has 0 saturated heterocycles. The Morgan fingerprint density at radius 1 is 1.28 bits per heavy atom. The molecule has 2 aromatic heterocycles. The summed E-state index contributed by atoms with van der Waals surface area (Å²) in [5.41, 5.74) is 8.22. The molecule has 3 N–H and O–H groups in total. The molecule has 0 fully saturated rings. The van der Waals surface area contributed by atoms with Gasteiger partial charge in [-0.05, 0) is 13.8 Å². The van der Waals surface area contributed by atoms with Crippen molar-refractivity contribution in [2.75, 3.05) is 11.1 Å². The third-order valence-electron chi connectivity index (χ3n) is 2.76. The van der Waals surface area contributed by atoms with E-state index in [0.717, 1.165) is 0 Å². The molecule has 0 radical (unpaired) electrons. The normalized spacial score (nSPS) is 10.7. The Labute approximate surface area is 105 Å². The van der Waals surface area contributed by atoms with E-state index < -0.39 is 0 Å². The fraction of sp³-hybridized carbons (Fsp3) is 0.364. The van der Waals surface area contributed by atoms with Gasteiger partial charge in [-0.3, -0.25) is 14.2 Å². The molecule has 96 valence electrons. The minimum Gasteiger partial charge on any atom is -0.394 e. The van der Waals surface area contributed by atoms with E-state index in [-0.39, 0.29) is 5.91 Å². The fourth-order valence-corrected chi connectivity index (χ4v) is 1.82. The second kappa shape index (κ2) is 4.17. The highest BCUT2D eigenvalue weighted by Gasteiger charge is 2.17. The topological polar surface area (TPSA) is 90.8 Å². The Balaban J connectivity index is 2.29. The molecule has 0 aliphatic carbocycles. The molecule has 2 aromatic rings. The van der Waals surface area contributed by atoms with Crippen molar-refractivity contribution < 1.29 is 4.79 Å². The van der Waals surface area contributed by atoms with Crippen molar-refractivity contribution in [3.63, 3.8) is 0 Å². The molecule has 0 bridgehead atoms. The van der Waals surface area contributed by atoms with Crippen LogP contribution in [0.4, 0.5) is 11.5 Å². The Kier molecular flexibility index (Phi) is 2.82. The number of nitrogen functional groups attached to an aromatic ring is 1. The summed E-state index contributed by atoms with van der Waals surface area (Å²) in [6.07, 6.45) is 1.67. The average molecular weight is 248 g/mol. The maximum Gasteiger partial charge on any atom is 0.260 e. The van der Waals surface area contributed by atoms with Crippen LogP contribution in [0.2, 0.25) is 0 Å². The Morgan fingerprint density at radius 3 is 2.39 bits per heavy atom. The first-order valence-corrected chi connectivity index (χ1v) is 5.50. The summed E-state index contributed by atoms with van der Waals surface area (Å²) >= 11 is 0. The molecule has 7 heteroatoms. The van der Waals surface area contributed by atoms with E-state index in [1.165, 1.54) is 0 Å². The molecule has 0 aliphatic rings. The van der Waals surface area contributed by atoms with Crippen molar-refractivity contribution in [1.82, 2.24) is 19.6 Å². The van der Waals surface area contributed by atoms with Gasteiger partial charge < -0.3 is 11.1 Å². The van der Waals surface area contributed by atoms with Crippen molar-refractivity contribution in [2.24, 2.45) is 14.1 Å². The van der Waals surface area contributed by atoms with Crippen LogP contribution in [0.3, 0.4) is 0 Å². The first-order valence-electron chi connectivity index (χ1n) is 5.50. The van der Waals surface area contributed by atoms with Crippen molar-refractivity contribution in [3.05, 3.63) is 23.1 Å². The van der Waals surface area contributed by atoms with Crippen molar-refractivity contribution in [2.45, 2.75) is 13.8 Å². The van der Waals surface area contributed by atoms with Crippen LogP contribution >= 0.6 is 0 Å². The first-order chi connectivity index (χ1) is 8.40. The lowest BCUT2D eigenvalue weighted by Crippen LogP contribution is -2.16. The van der Waals surface area contributed by atoms with Gasteiger partial charge in [-0.25, -0.2) is 0 Å². The predicted octanol–water partition coefficient (Wildman–Crippen LogP) is 0.605. The molecule has 18 heavy (non-hydrogen) atoms. The van der Waals surface area contributed by atoms with E-state index in [1.54, 1.807) is 43.5 Å². The summed E-state index contributed by atoms with van der Waals surface area (Å²) in [5.74, 6) is 0.260. The molecule has 0 saturated carbocycles. The highest BCUT2D eigenvalue weighted by molar-refractivity contribution is 6.05. The predicted molar refractivity (Wildman–Crippen MR) is 68.3 cm³/mol. The number of anilines is 2. The van der Waals surface area contributed by atoms with Gasteiger partial charge in [0.25, 0.3) is 5.91 Å². The number of hydrogen-bond acceptors (Lipinski definition) is 4. The smallest absolute Gasteiger partial charge is 0.260 e. The van der Waals surface area contributed by atoms with Gasteiger partial charge in [0.15, 0.2) is 5.82 Å². The van der Waals surface area contributed by atoms with Gasteiger partial charge in [-0.15, -0.1) is 0 Å². The Morgan fingerprint density at radius 2 is 1.94 bits per heavy atom. The van der Waals surface area contributed by atoms with Crippen LogP contribution in [0.15, 0.2) is 6.20 Å². The lowest BCUT2D eigenvalue weighted by Gasteiger charge is -2.05. The van der Waals surface area contributed by atoms with Crippen LogP contribution < -0.4 is 11.1 Å². The van der Waals surface area contributed by atoms with Gasteiger partial charge in [0.1, 0.15) is 0 Å². The summed E-state index contributed by atoms with van der Waals surface area (Å²) in [6, 6.07) is 0. The van der Waals surface area contributed by atoms with Crippen molar-refractivity contribution in [1.29, 1.82) is 0 Å². The molecular formula is C11H16N6O. The number of amides is 1. The zero-order valence-corrected chi connectivity index (χ0v) is 10.9. The standard InChI is InChI=1S/C11H16N6O/c1-6-8(5-16(3)14-6)11(18)13-10-9(12)7(2)15-17(10)4/h5H,12H2,1-4H3,(H,13,18). The summed E-state index contributed by atoms with van der Waals surface area (Å²) < 4.78 is 3.15. The zero-order valence-electron chi connectivity index (χ0n) is 10.9. The van der Waals surface area contributed by atoms with E-state index in [2.05, 4.69) is 15.5 Å². The molecule has 2 heterocycles. The molecule has 0 aromatic carbocycles. The summed E-state index contributed by atoms with van der Waals surface area (Å²) in [5, 5.41) is 11.0. The number of carbonyl (C=O) groups excluding carboxylic acids is 1. The van der Waals surface area contributed by atoms with Crippen molar-refractivity contribution in [3.8, 4) is 0 Å². The minimum absolute atomic E-state index is 0.240. The monoisotopic (exact) mass is 248 g/mol. The third kappa shape index (κ3) is 1.94. The van der Waals surface area contributed by atoms with Gasteiger partial charge in [0.05, 0.1) is 22.6 Å². The third-order valence-corrected chi connectivity index (χ3v) is 2.76. The van der Waals surface area contributed by atoms with Crippen LogP contribution in [0.1, 0.15) is 21.7 Å². The number of rotatable bonds is 2. The number of aryl methyl sites for hydroxylation is 4. The Hall–Kier alpha value is -2.31. The van der Waals surface area contributed by atoms with Gasteiger partial charge in [0.2, 0.25) is 0 Å². The molecule has 7 nitrogen and oxygen atoms in total. The Bertz CT molecular complexity index is 609. The SMILES string of the molecule is Cc1nn(C)cc1C(=O)Nc1c(N)c(C)nn1C. The van der Waals surface area contributed by atoms with Gasteiger partial charge in [-0.1, -0.05) is 0 Å². The van der Waals surface area contributed by atoms with Crippen LogP contribution in [-0.2, 0) is 14.1 Å². The van der Waals surface area contributed by atoms with E-state index >= 15 is 0 Å². The fourth-order valence-electron chi connectivity index (χ4n) is 1.82. The van der Waals surface area contributed by atoms with Gasteiger partial charge in [0, 0.05) is 20.3 Å². The second-order valence-electron chi connectivity index (χ2n) is 4.23. The number of nitrogens with one attached hydrogen (secondary N) is 1. The lowest BCUT2D eigenvalue weighted by atomic mass is 10.2. The lowest BCUT2D eigenvalue weighted by molar-refractivity contribution is 0.102. The molecule has 0 aliphatic heterocycles. The molecule has 0 unspecified atom stereocenters. The quantitative estimate of drug-likeness (QED) is 0.814. The maximum atomic E-state index is 12.1. The molecule has 0 spiro atoms. The van der Waals surface area contributed by atoms with E-state index in [9.17, 15) is 4.79 Å². The molecular weight excluding hydrogens is 232 g/mol. The highest BCUT2D eigenvalue weighted by atomic mass is 16.1. The summed E-state index contributed by atoms with van der Waals surface area (Å²) in [7, 11) is 3.50. The number of nitrogens with two attached hydrogens (primary N) is 1. The average Bonchev–Trinajstić information content (AvgIpc) is 2.73. The number of hydrogen-bond donors (Lipinski definition) is 2. The first kappa shape index (κ1) is 12.2. The molecule has 1 amide bonds. The number of nitrogens with zero attached hydrogens (tertiary/aromatic N) is 4. The van der Waals surface area contributed by atoms with Crippen LogP contribution in [0.25, 0.3) is 0 Å². The number of carbonyl (C=O) groups is 1. The van der Waals surface area contributed by atoms with E-state index in [0.29, 0.717) is 28.5 Å². The zero-order chi connectivity index (χ0) is 13.4. The van der Waals surface area contributed by atoms with E-state index in [1.807, 2.05) is 0 Å². The second-order valence-corrected chi connectivity index (χ2v) is 4.23. The van der Waals surface area contributed by atoms with E-state index in [4.69, 9.17) is 5.73 Å². The van der Waals surface area contributed by atoms with Crippen LogP contribution in [-0.4, -0.2) is 25.5 Å². The van der Waals surface area contributed by atoms with Crippen molar-refractivity contribution >= 4 is 17.4 Å². The van der Waals surface area contributed by atoms with Gasteiger partial charge in [-0.2, -0.15) is 10.2 Å². The molecule has 2 rings (SSSR count). The summed E-state index contributed by atoms with van der Waals surface area (Å²) in [6.45, 7) is 3.58. The largest absolute Gasteiger partial charge is 0.394 e. The van der Waals surface area contributed by atoms with Crippen LogP contribution in [0, 0.1) is 13.8 Å². The number of aromatic nitrogens is 4. The summed E-state index contributed by atoms with van der Waals surface area (Å²) in [4.78, 5) is 12.1. The minimum atomic E-state index is -0.240. The maximum absolute atomic E-state index is 12.1. The molecule has 0 atom stereocenters. The van der Waals surface area contributed by atoms with Gasteiger partial charge >= 0.3 is 0 Å².